The molecule has 1 aliphatic carbocycles. The number of ether oxygens (including phenoxy) is 1. The minimum Gasteiger partial charge on any atom is -0.481 e. The van der Waals surface area contributed by atoms with Gasteiger partial charge in [0.2, 0.25) is 5.88 Å². The van der Waals surface area contributed by atoms with Crippen LogP contribution in [0.5, 0.6) is 5.88 Å². The van der Waals surface area contributed by atoms with Crippen LogP contribution >= 0.6 is 0 Å². The maximum Gasteiger partial charge on any atom is 0.216 e. The molecular formula is C9H12N2O. The quantitative estimate of drug-likeness (QED) is 0.678. The number of nitrogens with zero attached hydrogens (tertiary/aromatic N) is 2. The Morgan fingerprint density at radius 2 is 2.33 bits per heavy atom. The molecule has 0 radical (unpaired) electrons. The standard InChI is InChI=1S/C9H12N2O/c1-12-9-5-8(10-6-11-9)4-7-2-3-7/h5-7H,2-4H2,1H3. The molecule has 3 heteroatoms. The topological polar surface area (TPSA) is 35.0 Å². The maximum absolute atomic E-state index is 5.01. The van der Waals surface area contributed by atoms with E-state index in [1.807, 2.05) is 6.07 Å². The van der Waals surface area contributed by atoms with Gasteiger partial charge in [0.1, 0.15) is 6.33 Å². The van der Waals surface area contributed by atoms with Crippen LogP contribution in [0.2, 0.25) is 0 Å². The van der Waals surface area contributed by atoms with Crippen LogP contribution in [-0.4, -0.2) is 17.1 Å². The molecule has 3 nitrogen and oxygen atoms in total. The number of methoxy groups -OCH3 is 1. The van der Waals surface area contributed by atoms with E-state index in [0.29, 0.717) is 5.88 Å². The van der Waals surface area contributed by atoms with Crippen LogP contribution in [0.25, 0.3) is 0 Å². The summed E-state index contributed by atoms with van der Waals surface area (Å²) in [6, 6.07) is 1.92. The fourth-order valence-electron chi connectivity index (χ4n) is 1.22. The first-order valence-electron chi connectivity index (χ1n) is 4.23. The Kier molecular flexibility index (Phi) is 1.94. The first kappa shape index (κ1) is 7.53. The van der Waals surface area contributed by atoms with Gasteiger partial charge in [0.25, 0.3) is 0 Å². The van der Waals surface area contributed by atoms with E-state index in [9.17, 15) is 0 Å². The molecule has 0 saturated heterocycles. The summed E-state index contributed by atoms with van der Waals surface area (Å²) < 4.78 is 5.01. The van der Waals surface area contributed by atoms with Crippen molar-refractivity contribution in [1.29, 1.82) is 0 Å². The monoisotopic (exact) mass is 164 g/mol. The highest BCUT2D eigenvalue weighted by molar-refractivity contribution is 5.14. The molecule has 0 N–H and O–H groups in total. The predicted octanol–water partition coefficient (Wildman–Crippen LogP) is 1.44. The summed E-state index contributed by atoms with van der Waals surface area (Å²) in [6.45, 7) is 0. The molecule has 1 aromatic heterocycles. The molecule has 0 unspecified atom stereocenters. The lowest BCUT2D eigenvalue weighted by atomic mass is 10.2. The number of rotatable bonds is 3. The van der Waals surface area contributed by atoms with Gasteiger partial charge in [-0.25, -0.2) is 9.97 Å². The van der Waals surface area contributed by atoms with Gasteiger partial charge in [-0.2, -0.15) is 0 Å². The molecule has 1 heterocycles. The first-order valence-corrected chi connectivity index (χ1v) is 4.23. The fraction of sp³-hybridized carbons (Fsp3) is 0.556. The van der Waals surface area contributed by atoms with Gasteiger partial charge in [-0.1, -0.05) is 0 Å². The lowest BCUT2D eigenvalue weighted by Crippen LogP contribution is -1.95. The van der Waals surface area contributed by atoms with Gasteiger partial charge < -0.3 is 4.74 Å². The number of aromatic nitrogens is 2. The Morgan fingerprint density at radius 1 is 1.50 bits per heavy atom. The third kappa shape index (κ3) is 1.72. The molecule has 0 bridgehead atoms. The molecule has 0 atom stereocenters. The molecule has 1 aromatic rings. The van der Waals surface area contributed by atoms with Crippen LogP contribution < -0.4 is 4.74 Å². The SMILES string of the molecule is COc1cc(CC2CC2)ncn1. The number of hydrogen-bond donors (Lipinski definition) is 0. The average molecular weight is 164 g/mol. The number of hydrogen-bond acceptors (Lipinski definition) is 3. The van der Waals surface area contributed by atoms with Gasteiger partial charge in [-0.05, 0) is 25.2 Å². The summed E-state index contributed by atoms with van der Waals surface area (Å²) >= 11 is 0. The van der Waals surface area contributed by atoms with Crippen molar-refractivity contribution in [2.45, 2.75) is 19.3 Å². The molecule has 0 spiro atoms. The van der Waals surface area contributed by atoms with Gasteiger partial charge >= 0.3 is 0 Å². The van der Waals surface area contributed by atoms with Crippen molar-refractivity contribution >= 4 is 0 Å². The van der Waals surface area contributed by atoms with Gasteiger partial charge in [0.15, 0.2) is 0 Å². The Morgan fingerprint density at radius 3 is 3.00 bits per heavy atom. The summed E-state index contributed by atoms with van der Waals surface area (Å²) in [5.41, 5.74) is 1.10. The van der Waals surface area contributed by atoms with Gasteiger partial charge in [0, 0.05) is 11.8 Å². The van der Waals surface area contributed by atoms with Gasteiger partial charge in [0.05, 0.1) is 7.11 Å². The molecule has 12 heavy (non-hydrogen) atoms. The molecule has 0 aliphatic heterocycles. The molecular weight excluding hydrogens is 152 g/mol. The smallest absolute Gasteiger partial charge is 0.216 e. The summed E-state index contributed by atoms with van der Waals surface area (Å²) in [7, 11) is 1.63. The van der Waals surface area contributed by atoms with Crippen LogP contribution in [0.3, 0.4) is 0 Å². The van der Waals surface area contributed by atoms with Crippen LogP contribution in [0.15, 0.2) is 12.4 Å². The van der Waals surface area contributed by atoms with E-state index < -0.39 is 0 Å². The average Bonchev–Trinajstić information content (AvgIpc) is 2.89. The van der Waals surface area contributed by atoms with E-state index >= 15 is 0 Å². The minimum atomic E-state index is 0.667. The van der Waals surface area contributed by atoms with E-state index in [1.165, 1.54) is 12.8 Å². The molecule has 0 amide bonds. The Labute approximate surface area is 71.8 Å². The van der Waals surface area contributed by atoms with Crippen LogP contribution in [0, 0.1) is 5.92 Å². The molecule has 0 aromatic carbocycles. The molecule has 64 valence electrons. The van der Waals surface area contributed by atoms with Crippen molar-refractivity contribution in [3.63, 3.8) is 0 Å². The molecule has 1 saturated carbocycles. The second-order valence-corrected chi connectivity index (χ2v) is 3.20. The lowest BCUT2D eigenvalue weighted by Gasteiger charge is -2.00. The summed E-state index contributed by atoms with van der Waals surface area (Å²) in [5, 5.41) is 0. The Hall–Kier alpha value is -1.12. The highest BCUT2D eigenvalue weighted by atomic mass is 16.5. The Bertz CT molecular complexity index is 271. The summed E-state index contributed by atoms with van der Waals surface area (Å²) in [4.78, 5) is 8.13. The minimum absolute atomic E-state index is 0.667. The first-order chi connectivity index (χ1) is 5.88. The van der Waals surface area contributed by atoms with E-state index in [2.05, 4.69) is 9.97 Å². The van der Waals surface area contributed by atoms with Gasteiger partial charge in [-0.3, -0.25) is 0 Å². The zero-order chi connectivity index (χ0) is 8.39. The highest BCUT2D eigenvalue weighted by Crippen LogP contribution is 2.32. The van der Waals surface area contributed by atoms with Crippen molar-refractivity contribution in [2.75, 3.05) is 7.11 Å². The molecule has 1 fully saturated rings. The van der Waals surface area contributed by atoms with E-state index in [-0.39, 0.29) is 0 Å². The fourth-order valence-corrected chi connectivity index (χ4v) is 1.22. The lowest BCUT2D eigenvalue weighted by molar-refractivity contribution is 0.395. The third-order valence-electron chi connectivity index (χ3n) is 2.10. The largest absolute Gasteiger partial charge is 0.481 e. The third-order valence-corrected chi connectivity index (χ3v) is 2.10. The molecule has 1 aliphatic rings. The second-order valence-electron chi connectivity index (χ2n) is 3.20. The second kappa shape index (κ2) is 3.09. The van der Waals surface area contributed by atoms with Crippen molar-refractivity contribution in [3.8, 4) is 5.88 Å². The zero-order valence-corrected chi connectivity index (χ0v) is 7.16. The van der Waals surface area contributed by atoms with Crippen molar-refractivity contribution in [2.24, 2.45) is 5.92 Å². The Balaban J connectivity index is 2.08. The predicted molar refractivity (Wildman–Crippen MR) is 45.0 cm³/mol. The zero-order valence-electron chi connectivity index (χ0n) is 7.16. The van der Waals surface area contributed by atoms with Crippen LogP contribution in [0.1, 0.15) is 18.5 Å². The summed E-state index contributed by atoms with van der Waals surface area (Å²) in [6.07, 6.45) is 5.36. The normalized spacial score (nSPS) is 16.1. The van der Waals surface area contributed by atoms with E-state index in [1.54, 1.807) is 13.4 Å². The van der Waals surface area contributed by atoms with Crippen LogP contribution in [-0.2, 0) is 6.42 Å². The van der Waals surface area contributed by atoms with Crippen molar-refractivity contribution in [1.82, 2.24) is 9.97 Å². The van der Waals surface area contributed by atoms with Crippen molar-refractivity contribution in [3.05, 3.63) is 18.1 Å². The summed E-state index contributed by atoms with van der Waals surface area (Å²) in [5.74, 6) is 1.53. The van der Waals surface area contributed by atoms with Crippen LogP contribution in [0.4, 0.5) is 0 Å². The van der Waals surface area contributed by atoms with E-state index in [4.69, 9.17) is 4.74 Å². The maximum atomic E-state index is 5.01. The van der Waals surface area contributed by atoms with Gasteiger partial charge in [-0.15, -0.1) is 0 Å². The van der Waals surface area contributed by atoms with E-state index in [0.717, 1.165) is 18.0 Å². The molecule has 2 rings (SSSR count). The highest BCUT2D eigenvalue weighted by Gasteiger charge is 2.22. The van der Waals surface area contributed by atoms with Crippen molar-refractivity contribution < 1.29 is 4.74 Å².